The normalized spacial score (nSPS) is 20.3. The highest BCUT2D eigenvalue weighted by Gasteiger charge is 2.45. The molecule has 0 aromatic heterocycles. The van der Waals surface area contributed by atoms with Gasteiger partial charge in [0.1, 0.15) is 5.75 Å². The zero-order valence-electron chi connectivity index (χ0n) is 21.4. The lowest BCUT2D eigenvalue weighted by Crippen LogP contribution is -2.60. The molecule has 2 heteroatoms. The SMILES string of the molecule is C=CCCC1CC(C)(C)N(Cc2cc(C(C)(C)C)c(O)c(C(C)(C)C)c2)C(C)(C)C1. The zero-order chi connectivity index (χ0) is 23.1. The number of phenols is 1. The van der Waals surface area contributed by atoms with Crippen LogP contribution in [-0.2, 0) is 17.4 Å². The van der Waals surface area contributed by atoms with E-state index in [4.69, 9.17) is 0 Å². The highest BCUT2D eigenvalue weighted by Crippen LogP contribution is 2.45. The lowest BCUT2D eigenvalue weighted by Gasteiger charge is -2.55. The predicted octanol–water partition coefficient (Wildman–Crippen LogP) is 7.72. The highest BCUT2D eigenvalue weighted by atomic mass is 16.3. The van der Waals surface area contributed by atoms with E-state index < -0.39 is 0 Å². The number of phenolic OH excluding ortho intramolecular Hbond substituents is 1. The van der Waals surface area contributed by atoms with Crippen molar-refractivity contribution in [2.24, 2.45) is 5.92 Å². The molecule has 0 radical (unpaired) electrons. The molecule has 1 aliphatic rings. The Morgan fingerprint density at radius 3 is 1.77 bits per heavy atom. The van der Waals surface area contributed by atoms with Gasteiger partial charge in [-0.2, -0.15) is 0 Å². The van der Waals surface area contributed by atoms with Crippen LogP contribution in [0.5, 0.6) is 5.75 Å². The Morgan fingerprint density at radius 2 is 1.40 bits per heavy atom. The van der Waals surface area contributed by atoms with Gasteiger partial charge in [0, 0.05) is 17.6 Å². The molecular weight excluding hydrogens is 366 g/mol. The molecule has 1 saturated heterocycles. The molecule has 0 atom stereocenters. The number of hydrogen-bond donors (Lipinski definition) is 1. The Kier molecular flexibility index (Phi) is 6.94. The molecule has 170 valence electrons. The average Bonchev–Trinajstić information content (AvgIpc) is 2.54. The minimum Gasteiger partial charge on any atom is -0.507 e. The number of rotatable bonds is 5. The molecule has 0 unspecified atom stereocenters. The summed E-state index contributed by atoms with van der Waals surface area (Å²) in [4.78, 5) is 2.70. The van der Waals surface area contributed by atoms with Crippen molar-refractivity contribution in [3.05, 3.63) is 41.5 Å². The van der Waals surface area contributed by atoms with Crippen molar-refractivity contribution in [3.8, 4) is 5.75 Å². The van der Waals surface area contributed by atoms with E-state index in [-0.39, 0.29) is 21.9 Å². The first-order valence-electron chi connectivity index (χ1n) is 11.7. The van der Waals surface area contributed by atoms with E-state index >= 15 is 0 Å². The molecule has 0 aliphatic carbocycles. The molecule has 0 bridgehead atoms. The summed E-state index contributed by atoms with van der Waals surface area (Å²) in [5.41, 5.74) is 3.51. The quantitative estimate of drug-likeness (QED) is 0.499. The molecule has 0 spiro atoms. The highest BCUT2D eigenvalue weighted by molar-refractivity contribution is 5.50. The summed E-state index contributed by atoms with van der Waals surface area (Å²) in [7, 11) is 0. The van der Waals surface area contributed by atoms with Gasteiger partial charge >= 0.3 is 0 Å². The van der Waals surface area contributed by atoms with Crippen LogP contribution >= 0.6 is 0 Å². The van der Waals surface area contributed by atoms with Crippen LogP contribution in [0.3, 0.4) is 0 Å². The van der Waals surface area contributed by atoms with Crippen molar-refractivity contribution in [2.45, 2.75) is 123 Å². The Morgan fingerprint density at radius 1 is 0.967 bits per heavy atom. The van der Waals surface area contributed by atoms with E-state index in [0.29, 0.717) is 5.75 Å². The minimum atomic E-state index is -0.0944. The Hall–Kier alpha value is -1.28. The first-order valence-corrected chi connectivity index (χ1v) is 11.7. The number of piperidine rings is 1. The second-order valence-electron chi connectivity index (χ2n) is 12.9. The van der Waals surface area contributed by atoms with E-state index in [9.17, 15) is 5.11 Å². The summed E-state index contributed by atoms with van der Waals surface area (Å²) in [5, 5.41) is 11.1. The third-order valence-corrected chi connectivity index (χ3v) is 6.94. The molecule has 1 fully saturated rings. The van der Waals surface area contributed by atoms with Crippen molar-refractivity contribution < 1.29 is 5.11 Å². The second kappa shape index (κ2) is 8.34. The van der Waals surface area contributed by atoms with Crippen molar-refractivity contribution >= 4 is 0 Å². The molecule has 1 N–H and O–H groups in total. The Balaban J connectivity index is 2.46. The van der Waals surface area contributed by atoms with Gasteiger partial charge in [0.15, 0.2) is 0 Å². The van der Waals surface area contributed by atoms with Gasteiger partial charge in [0.05, 0.1) is 0 Å². The lowest BCUT2D eigenvalue weighted by atomic mass is 9.71. The van der Waals surface area contributed by atoms with Crippen molar-refractivity contribution in [1.82, 2.24) is 4.90 Å². The Labute approximate surface area is 186 Å². The van der Waals surface area contributed by atoms with E-state index in [1.54, 1.807) is 0 Å². The van der Waals surface area contributed by atoms with Gasteiger partial charge < -0.3 is 5.11 Å². The van der Waals surface area contributed by atoms with E-state index in [2.05, 4.69) is 98.9 Å². The number of hydrogen-bond acceptors (Lipinski definition) is 2. The number of likely N-dealkylation sites (tertiary alicyclic amines) is 1. The third kappa shape index (κ3) is 5.49. The molecule has 1 aromatic rings. The second-order valence-corrected chi connectivity index (χ2v) is 12.9. The first kappa shape index (κ1) is 25.0. The van der Waals surface area contributed by atoms with Gasteiger partial charge in [-0.15, -0.1) is 6.58 Å². The maximum absolute atomic E-state index is 11.1. The number of aromatic hydroxyl groups is 1. The molecule has 1 aromatic carbocycles. The third-order valence-electron chi connectivity index (χ3n) is 6.94. The number of benzene rings is 1. The molecule has 0 amide bonds. The van der Waals surface area contributed by atoms with Gasteiger partial charge in [-0.1, -0.05) is 59.8 Å². The van der Waals surface area contributed by atoms with Crippen molar-refractivity contribution in [3.63, 3.8) is 0 Å². The summed E-state index contributed by atoms with van der Waals surface area (Å²) in [6, 6.07) is 4.50. The summed E-state index contributed by atoms with van der Waals surface area (Å²) in [6.45, 7) is 27.6. The maximum Gasteiger partial charge on any atom is 0.123 e. The van der Waals surface area contributed by atoms with Gasteiger partial charge in [-0.3, -0.25) is 4.90 Å². The standard InChI is InChI=1S/C28H47NO/c1-12-13-14-20-17-27(8,9)29(28(10,11)18-20)19-21-15-22(25(2,3)4)24(30)23(16-21)26(5,6)7/h12,15-16,20,30H,1,13-14,17-19H2,2-11H3. The molecule has 2 nitrogen and oxygen atoms in total. The fraction of sp³-hybridized carbons (Fsp3) is 0.714. The van der Waals surface area contributed by atoms with Gasteiger partial charge in [0.2, 0.25) is 0 Å². The maximum atomic E-state index is 11.1. The molecular formula is C28H47NO. The van der Waals surface area contributed by atoms with Gasteiger partial charge in [-0.25, -0.2) is 0 Å². The summed E-state index contributed by atoms with van der Waals surface area (Å²) in [6.07, 6.45) is 6.86. The van der Waals surface area contributed by atoms with Crippen LogP contribution in [0, 0.1) is 5.92 Å². The van der Waals surface area contributed by atoms with E-state index in [1.807, 2.05) is 0 Å². The van der Waals surface area contributed by atoms with E-state index in [0.717, 1.165) is 30.0 Å². The first-order chi connectivity index (χ1) is 13.5. The smallest absolute Gasteiger partial charge is 0.123 e. The predicted molar refractivity (Wildman–Crippen MR) is 131 cm³/mol. The average molecular weight is 414 g/mol. The van der Waals surface area contributed by atoms with Gasteiger partial charge in [0.25, 0.3) is 0 Å². The van der Waals surface area contributed by atoms with Crippen LogP contribution in [0.15, 0.2) is 24.8 Å². The van der Waals surface area contributed by atoms with Crippen molar-refractivity contribution in [1.29, 1.82) is 0 Å². The molecule has 0 saturated carbocycles. The molecule has 2 rings (SSSR count). The number of nitrogens with zero attached hydrogens (tertiary/aromatic N) is 1. The molecule has 1 aliphatic heterocycles. The summed E-state index contributed by atoms with van der Waals surface area (Å²) < 4.78 is 0. The summed E-state index contributed by atoms with van der Waals surface area (Å²) >= 11 is 0. The largest absolute Gasteiger partial charge is 0.507 e. The van der Waals surface area contributed by atoms with Crippen LogP contribution in [-0.4, -0.2) is 21.1 Å². The monoisotopic (exact) mass is 413 g/mol. The fourth-order valence-corrected chi connectivity index (χ4v) is 5.62. The van der Waals surface area contributed by atoms with Crippen LogP contribution < -0.4 is 0 Å². The van der Waals surface area contributed by atoms with Crippen molar-refractivity contribution in [2.75, 3.05) is 0 Å². The lowest BCUT2D eigenvalue weighted by molar-refractivity contribution is -0.0594. The zero-order valence-corrected chi connectivity index (χ0v) is 21.4. The number of allylic oxidation sites excluding steroid dienone is 1. The van der Waals surface area contributed by atoms with Crippen LogP contribution in [0.25, 0.3) is 0 Å². The van der Waals surface area contributed by atoms with Crippen LogP contribution in [0.1, 0.15) is 112 Å². The van der Waals surface area contributed by atoms with Gasteiger partial charge in [-0.05, 0) is 86.8 Å². The topological polar surface area (TPSA) is 23.5 Å². The Bertz CT molecular complexity index is 705. The van der Waals surface area contributed by atoms with Crippen LogP contribution in [0.4, 0.5) is 0 Å². The summed E-state index contributed by atoms with van der Waals surface area (Å²) in [5.74, 6) is 1.22. The van der Waals surface area contributed by atoms with E-state index in [1.165, 1.54) is 24.8 Å². The molecule has 1 heterocycles. The molecule has 30 heavy (non-hydrogen) atoms. The van der Waals surface area contributed by atoms with Crippen LogP contribution in [0.2, 0.25) is 0 Å². The fourth-order valence-electron chi connectivity index (χ4n) is 5.62. The minimum absolute atomic E-state index is 0.0944.